The van der Waals surface area contributed by atoms with Crippen LogP contribution in [0.3, 0.4) is 0 Å². The van der Waals surface area contributed by atoms with Gasteiger partial charge >= 0.3 is 0 Å². The molecule has 132 valence electrons. The first-order chi connectivity index (χ1) is 12.2. The van der Waals surface area contributed by atoms with E-state index >= 15 is 0 Å². The van der Waals surface area contributed by atoms with Gasteiger partial charge in [0.2, 0.25) is 0 Å². The van der Waals surface area contributed by atoms with Crippen molar-refractivity contribution in [2.24, 2.45) is 0 Å². The van der Waals surface area contributed by atoms with Gasteiger partial charge in [-0.15, -0.1) is 0 Å². The number of nitrogens with zero attached hydrogens (tertiary/aromatic N) is 1. The van der Waals surface area contributed by atoms with Gasteiger partial charge in [-0.1, -0.05) is 48.5 Å². The fraction of sp³-hybridized carbons (Fsp3) is 0.381. The summed E-state index contributed by atoms with van der Waals surface area (Å²) in [5.74, 6) is 0.00293. The minimum Gasteiger partial charge on any atom is -0.391 e. The summed E-state index contributed by atoms with van der Waals surface area (Å²) in [5, 5.41) is 13.4. The third-order valence-corrected chi connectivity index (χ3v) is 4.74. The highest BCUT2D eigenvalue weighted by Gasteiger charge is 2.22. The number of carbonyl (C=O) groups excluding carboxylic acids is 1. The van der Waals surface area contributed by atoms with E-state index in [0.29, 0.717) is 18.5 Å². The van der Waals surface area contributed by atoms with Gasteiger partial charge in [0, 0.05) is 31.2 Å². The fourth-order valence-electron chi connectivity index (χ4n) is 3.37. The number of aliphatic hydroxyl groups excluding tert-OH is 1. The van der Waals surface area contributed by atoms with E-state index in [9.17, 15) is 9.90 Å². The highest BCUT2D eigenvalue weighted by Crippen LogP contribution is 2.13. The molecule has 1 amide bonds. The standard InChI is InChI=1S/C21H26N2O2/c24-20(15-17-7-3-1-4-8-17)16-23-13-11-19(12-14-23)22-21(25)18-9-5-2-6-10-18/h1-10,19-20,24H,11-16H2,(H,22,25). The van der Waals surface area contributed by atoms with Crippen molar-refractivity contribution in [3.63, 3.8) is 0 Å². The molecule has 0 bridgehead atoms. The Labute approximate surface area is 149 Å². The minimum absolute atomic E-state index is 0.00293. The molecule has 4 heteroatoms. The fourth-order valence-corrected chi connectivity index (χ4v) is 3.37. The van der Waals surface area contributed by atoms with Crippen molar-refractivity contribution < 1.29 is 9.90 Å². The van der Waals surface area contributed by atoms with Crippen LogP contribution in [0.15, 0.2) is 60.7 Å². The molecule has 25 heavy (non-hydrogen) atoms. The minimum atomic E-state index is -0.349. The molecule has 4 nitrogen and oxygen atoms in total. The van der Waals surface area contributed by atoms with E-state index in [1.807, 2.05) is 48.5 Å². The van der Waals surface area contributed by atoms with Crippen LogP contribution in [0.2, 0.25) is 0 Å². The molecule has 1 atom stereocenters. The maximum absolute atomic E-state index is 12.2. The molecular formula is C21H26N2O2. The second kappa shape index (κ2) is 8.79. The van der Waals surface area contributed by atoms with Gasteiger partial charge in [-0.05, 0) is 37.0 Å². The van der Waals surface area contributed by atoms with Crippen LogP contribution in [0, 0.1) is 0 Å². The lowest BCUT2D eigenvalue weighted by molar-refractivity contribution is 0.0828. The molecule has 1 saturated heterocycles. The van der Waals surface area contributed by atoms with Gasteiger partial charge in [-0.2, -0.15) is 0 Å². The Morgan fingerprint density at radius 2 is 1.64 bits per heavy atom. The molecule has 0 radical (unpaired) electrons. The molecule has 0 saturated carbocycles. The maximum Gasteiger partial charge on any atom is 0.251 e. The Hall–Kier alpha value is -2.17. The summed E-state index contributed by atoms with van der Waals surface area (Å²) < 4.78 is 0. The monoisotopic (exact) mass is 338 g/mol. The summed E-state index contributed by atoms with van der Waals surface area (Å²) in [6.45, 7) is 2.51. The molecular weight excluding hydrogens is 312 g/mol. The van der Waals surface area contributed by atoms with Crippen LogP contribution in [0.25, 0.3) is 0 Å². The number of hydrogen-bond donors (Lipinski definition) is 2. The van der Waals surface area contributed by atoms with Gasteiger partial charge in [0.25, 0.3) is 5.91 Å². The molecule has 1 aliphatic heterocycles. The smallest absolute Gasteiger partial charge is 0.251 e. The van der Waals surface area contributed by atoms with E-state index in [-0.39, 0.29) is 18.1 Å². The summed E-state index contributed by atoms with van der Waals surface area (Å²) >= 11 is 0. The lowest BCUT2D eigenvalue weighted by Gasteiger charge is -2.33. The number of aliphatic hydroxyl groups is 1. The van der Waals surface area contributed by atoms with Crippen LogP contribution >= 0.6 is 0 Å². The molecule has 1 aliphatic rings. The largest absolute Gasteiger partial charge is 0.391 e. The van der Waals surface area contributed by atoms with Gasteiger partial charge in [-0.3, -0.25) is 4.79 Å². The quantitative estimate of drug-likeness (QED) is 0.851. The molecule has 2 aromatic rings. The number of likely N-dealkylation sites (tertiary alicyclic amines) is 1. The van der Waals surface area contributed by atoms with Gasteiger partial charge in [0.1, 0.15) is 0 Å². The number of benzene rings is 2. The van der Waals surface area contributed by atoms with E-state index < -0.39 is 0 Å². The van der Waals surface area contributed by atoms with E-state index in [1.165, 1.54) is 5.56 Å². The van der Waals surface area contributed by atoms with E-state index in [0.717, 1.165) is 25.9 Å². The van der Waals surface area contributed by atoms with E-state index in [2.05, 4.69) is 22.3 Å². The Bertz CT molecular complexity index is 652. The summed E-state index contributed by atoms with van der Waals surface area (Å²) in [7, 11) is 0. The van der Waals surface area contributed by atoms with Crippen LogP contribution in [-0.2, 0) is 6.42 Å². The first kappa shape index (κ1) is 17.6. The Balaban J connectivity index is 1.40. The molecule has 0 spiro atoms. The lowest BCUT2D eigenvalue weighted by Crippen LogP contribution is -2.46. The number of nitrogens with one attached hydrogen (secondary N) is 1. The SMILES string of the molecule is O=C(NC1CCN(CC(O)Cc2ccccc2)CC1)c1ccccc1. The average Bonchev–Trinajstić information content (AvgIpc) is 2.65. The number of amides is 1. The van der Waals surface area contributed by atoms with Crippen molar-refractivity contribution in [3.05, 3.63) is 71.8 Å². The summed E-state index contributed by atoms with van der Waals surface area (Å²) in [6, 6.07) is 19.7. The van der Waals surface area contributed by atoms with E-state index in [4.69, 9.17) is 0 Å². The summed E-state index contributed by atoms with van der Waals surface area (Å²) in [5.41, 5.74) is 1.88. The highest BCUT2D eigenvalue weighted by atomic mass is 16.3. The summed E-state index contributed by atoms with van der Waals surface area (Å²) in [6.07, 6.45) is 2.19. The number of carbonyl (C=O) groups is 1. The first-order valence-corrected chi connectivity index (χ1v) is 9.01. The predicted molar refractivity (Wildman–Crippen MR) is 99.5 cm³/mol. The van der Waals surface area contributed by atoms with Crippen LogP contribution < -0.4 is 5.32 Å². The molecule has 1 unspecified atom stereocenters. The van der Waals surface area contributed by atoms with Crippen LogP contribution in [-0.4, -0.2) is 47.7 Å². The zero-order chi connectivity index (χ0) is 17.5. The third-order valence-electron chi connectivity index (χ3n) is 4.74. The zero-order valence-corrected chi connectivity index (χ0v) is 14.5. The van der Waals surface area contributed by atoms with Crippen LogP contribution in [0.5, 0.6) is 0 Å². The third kappa shape index (κ3) is 5.41. The molecule has 1 fully saturated rings. The molecule has 2 N–H and O–H groups in total. The van der Waals surface area contributed by atoms with Gasteiger partial charge in [0.05, 0.1) is 6.10 Å². The Morgan fingerprint density at radius 1 is 1.04 bits per heavy atom. The van der Waals surface area contributed by atoms with Gasteiger partial charge < -0.3 is 15.3 Å². The van der Waals surface area contributed by atoms with Crippen molar-refractivity contribution in [1.29, 1.82) is 0 Å². The average molecular weight is 338 g/mol. The van der Waals surface area contributed by atoms with E-state index in [1.54, 1.807) is 0 Å². The van der Waals surface area contributed by atoms with Gasteiger partial charge in [0.15, 0.2) is 0 Å². The van der Waals surface area contributed by atoms with Crippen molar-refractivity contribution in [3.8, 4) is 0 Å². The Kier molecular flexibility index (Phi) is 6.20. The van der Waals surface area contributed by atoms with Crippen molar-refractivity contribution in [2.75, 3.05) is 19.6 Å². The molecule has 1 heterocycles. The molecule has 0 aromatic heterocycles. The first-order valence-electron chi connectivity index (χ1n) is 9.01. The number of β-amino-alcohol motifs (C(OH)–C–C–N with tert-alkyl or cyclic N) is 1. The second-order valence-electron chi connectivity index (χ2n) is 6.76. The molecule has 3 rings (SSSR count). The van der Waals surface area contributed by atoms with Gasteiger partial charge in [-0.25, -0.2) is 0 Å². The molecule has 0 aliphatic carbocycles. The Morgan fingerprint density at radius 3 is 2.28 bits per heavy atom. The normalized spacial score (nSPS) is 17.2. The maximum atomic E-state index is 12.2. The number of hydrogen-bond acceptors (Lipinski definition) is 3. The van der Waals surface area contributed by atoms with Crippen molar-refractivity contribution in [1.82, 2.24) is 10.2 Å². The zero-order valence-electron chi connectivity index (χ0n) is 14.5. The topological polar surface area (TPSA) is 52.6 Å². The second-order valence-corrected chi connectivity index (χ2v) is 6.76. The number of piperidine rings is 1. The lowest BCUT2D eigenvalue weighted by atomic mass is 10.0. The van der Waals surface area contributed by atoms with Crippen LogP contribution in [0.1, 0.15) is 28.8 Å². The van der Waals surface area contributed by atoms with Crippen LogP contribution in [0.4, 0.5) is 0 Å². The number of rotatable bonds is 6. The van der Waals surface area contributed by atoms with Crippen molar-refractivity contribution in [2.45, 2.75) is 31.4 Å². The molecule has 2 aromatic carbocycles. The predicted octanol–water partition coefficient (Wildman–Crippen LogP) is 2.48. The van der Waals surface area contributed by atoms with Crippen molar-refractivity contribution >= 4 is 5.91 Å². The summed E-state index contributed by atoms with van der Waals surface area (Å²) in [4.78, 5) is 14.5. The highest BCUT2D eigenvalue weighted by molar-refractivity contribution is 5.94.